The van der Waals surface area contributed by atoms with E-state index in [0.717, 1.165) is 25.2 Å². The second-order valence-electron chi connectivity index (χ2n) is 4.50. The van der Waals surface area contributed by atoms with E-state index in [-0.39, 0.29) is 12.5 Å². The Bertz CT molecular complexity index is 435. The van der Waals surface area contributed by atoms with Gasteiger partial charge in [0.2, 0.25) is 5.91 Å². The molecule has 0 fully saturated rings. The van der Waals surface area contributed by atoms with Crippen LogP contribution in [0.5, 0.6) is 0 Å². The fourth-order valence-electron chi connectivity index (χ4n) is 2.06. The molecule has 0 spiro atoms. The number of carbonyl (C=O) groups is 1. The zero-order valence-electron chi connectivity index (χ0n) is 11.2. The van der Waals surface area contributed by atoms with E-state index in [0.29, 0.717) is 13.2 Å². The highest BCUT2D eigenvalue weighted by atomic mass is 16.5. The van der Waals surface area contributed by atoms with Gasteiger partial charge in [-0.05, 0) is 36.2 Å². The molecule has 0 bridgehead atoms. The third-order valence-corrected chi connectivity index (χ3v) is 3.04. The summed E-state index contributed by atoms with van der Waals surface area (Å²) in [6.07, 6.45) is 1.05. The van der Waals surface area contributed by atoms with E-state index >= 15 is 0 Å². The number of ether oxygens (including phenoxy) is 2. The zero-order valence-corrected chi connectivity index (χ0v) is 11.2. The molecule has 2 N–H and O–H groups in total. The van der Waals surface area contributed by atoms with E-state index < -0.39 is 0 Å². The molecule has 0 aromatic heterocycles. The number of carbonyl (C=O) groups excluding carboxylic acids is 1. The number of anilines is 1. The van der Waals surface area contributed by atoms with E-state index in [1.807, 2.05) is 12.1 Å². The van der Waals surface area contributed by atoms with Crippen molar-refractivity contribution in [1.29, 1.82) is 0 Å². The molecule has 5 heteroatoms. The number of methoxy groups -OCH3 is 1. The van der Waals surface area contributed by atoms with Crippen LogP contribution in [0.2, 0.25) is 0 Å². The third-order valence-electron chi connectivity index (χ3n) is 3.04. The normalized spacial score (nSPS) is 13.9. The predicted molar refractivity (Wildman–Crippen MR) is 73.2 cm³/mol. The van der Waals surface area contributed by atoms with Gasteiger partial charge in [0.25, 0.3) is 0 Å². The molecular formula is C14H20N2O3. The summed E-state index contributed by atoms with van der Waals surface area (Å²) in [7, 11) is 1.60. The lowest BCUT2D eigenvalue weighted by molar-refractivity contribution is -0.121. The van der Waals surface area contributed by atoms with Crippen molar-refractivity contribution in [2.45, 2.75) is 13.0 Å². The van der Waals surface area contributed by atoms with E-state index in [2.05, 4.69) is 16.7 Å². The molecular weight excluding hydrogens is 244 g/mol. The first-order chi connectivity index (χ1) is 9.29. The van der Waals surface area contributed by atoms with Crippen molar-refractivity contribution in [1.82, 2.24) is 5.32 Å². The number of hydrogen-bond donors (Lipinski definition) is 2. The highest BCUT2D eigenvalue weighted by Gasteiger charge is 2.10. The summed E-state index contributed by atoms with van der Waals surface area (Å²) >= 11 is 0. The zero-order chi connectivity index (χ0) is 13.5. The van der Waals surface area contributed by atoms with Gasteiger partial charge >= 0.3 is 0 Å². The molecule has 1 heterocycles. The minimum atomic E-state index is -0.139. The van der Waals surface area contributed by atoms with Crippen molar-refractivity contribution < 1.29 is 14.3 Å². The molecule has 0 unspecified atom stereocenters. The summed E-state index contributed by atoms with van der Waals surface area (Å²) in [6, 6.07) is 6.04. The number of fused-ring (bicyclic) bond motifs is 1. The van der Waals surface area contributed by atoms with Crippen LogP contribution >= 0.6 is 0 Å². The van der Waals surface area contributed by atoms with Crippen LogP contribution in [-0.2, 0) is 27.2 Å². The Morgan fingerprint density at radius 3 is 3.11 bits per heavy atom. The summed E-state index contributed by atoms with van der Waals surface area (Å²) in [6.45, 7) is 2.87. The van der Waals surface area contributed by atoms with Crippen LogP contribution in [0.1, 0.15) is 11.1 Å². The number of rotatable bonds is 6. The van der Waals surface area contributed by atoms with E-state index in [9.17, 15) is 4.79 Å². The van der Waals surface area contributed by atoms with Gasteiger partial charge in [-0.15, -0.1) is 0 Å². The second kappa shape index (κ2) is 7.23. The highest BCUT2D eigenvalue weighted by Crippen LogP contribution is 2.18. The summed E-state index contributed by atoms with van der Waals surface area (Å²) < 4.78 is 10.0. The quantitative estimate of drug-likeness (QED) is 0.751. The first-order valence-corrected chi connectivity index (χ1v) is 6.48. The van der Waals surface area contributed by atoms with Gasteiger partial charge in [-0.3, -0.25) is 4.79 Å². The molecule has 1 amide bonds. The fraction of sp³-hybridized carbons (Fsp3) is 0.500. The molecule has 1 aromatic carbocycles. The minimum absolute atomic E-state index is 0.0543. The van der Waals surface area contributed by atoms with Gasteiger partial charge in [-0.1, -0.05) is 6.07 Å². The maximum absolute atomic E-state index is 11.7. The van der Waals surface area contributed by atoms with Crippen molar-refractivity contribution in [3.63, 3.8) is 0 Å². The molecule has 1 aliphatic rings. The maximum Gasteiger partial charge on any atom is 0.250 e. The van der Waals surface area contributed by atoms with Crippen molar-refractivity contribution in [3.05, 3.63) is 29.3 Å². The van der Waals surface area contributed by atoms with Crippen molar-refractivity contribution in [2.75, 3.05) is 38.8 Å². The molecule has 0 saturated heterocycles. The van der Waals surface area contributed by atoms with Gasteiger partial charge in [0.05, 0.1) is 13.2 Å². The van der Waals surface area contributed by atoms with Crippen LogP contribution in [0.25, 0.3) is 0 Å². The number of hydrogen-bond acceptors (Lipinski definition) is 4. The first kappa shape index (κ1) is 14.0. The van der Waals surface area contributed by atoms with Crippen LogP contribution in [0.4, 0.5) is 5.69 Å². The number of nitrogens with one attached hydrogen (secondary N) is 2. The van der Waals surface area contributed by atoms with Crippen LogP contribution < -0.4 is 10.6 Å². The molecule has 1 aliphatic heterocycles. The Morgan fingerprint density at radius 1 is 1.37 bits per heavy atom. The molecule has 1 aromatic rings. The average Bonchev–Trinajstić information content (AvgIpc) is 2.43. The second-order valence-corrected chi connectivity index (χ2v) is 4.50. The number of benzene rings is 1. The van der Waals surface area contributed by atoms with Crippen LogP contribution in [0, 0.1) is 0 Å². The lowest BCUT2D eigenvalue weighted by Gasteiger charge is -2.18. The SMILES string of the molecule is COCCOCC(=O)Nc1ccc2c(c1)CNCC2. The summed E-state index contributed by atoms with van der Waals surface area (Å²) in [4.78, 5) is 11.7. The Balaban J connectivity index is 1.83. The Labute approximate surface area is 113 Å². The van der Waals surface area contributed by atoms with Gasteiger partial charge in [0.1, 0.15) is 6.61 Å². The molecule has 5 nitrogen and oxygen atoms in total. The predicted octanol–water partition coefficient (Wildman–Crippen LogP) is 0.934. The third kappa shape index (κ3) is 4.31. The minimum Gasteiger partial charge on any atom is -0.382 e. The molecule has 0 aliphatic carbocycles. The van der Waals surface area contributed by atoms with Gasteiger partial charge in [0.15, 0.2) is 0 Å². The monoisotopic (exact) mass is 264 g/mol. The summed E-state index contributed by atoms with van der Waals surface area (Å²) in [5.41, 5.74) is 3.43. The smallest absolute Gasteiger partial charge is 0.250 e. The van der Waals surface area contributed by atoms with E-state index in [1.165, 1.54) is 11.1 Å². The largest absolute Gasteiger partial charge is 0.382 e. The molecule has 0 saturated carbocycles. The van der Waals surface area contributed by atoms with Gasteiger partial charge < -0.3 is 20.1 Å². The van der Waals surface area contributed by atoms with Gasteiger partial charge in [0, 0.05) is 19.3 Å². The standard InChI is InChI=1S/C14H20N2O3/c1-18-6-7-19-10-14(17)16-13-3-2-11-4-5-15-9-12(11)8-13/h2-3,8,15H,4-7,9-10H2,1H3,(H,16,17). The van der Waals surface area contributed by atoms with Gasteiger partial charge in [-0.2, -0.15) is 0 Å². The Morgan fingerprint density at radius 2 is 2.26 bits per heavy atom. The Kier molecular flexibility index (Phi) is 5.32. The highest BCUT2D eigenvalue weighted by molar-refractivity contribution is 5.91. The van der Waals surface area contributed by atoms with E-state index in [1.54, 1.807) is 7.11 Å². The molecule has 0 radical (unpaired) electrons. The molecule has 104 valence electrons. The fourth-order valence-corrected chi connectivity index (χ4v) is 2.06. The number of amides is 1. The van der Waals surface area contributed by atoms with Crippen molar-refractivity contribution in [3.8, 4) is 0 Å². The topological polar surface area (TPSA) is 59.6 Å². The van der Waals surface area contributed by atoms with E-state index in [4.69, 9.17) is 9.47 Å². The molecule has 19 heavy (non-hydrogen) atoms. The molecule has 0 atom stereocenters. The first-order valence-electron chi connectivity index (χ1n) is 6.48. The van der Waals surface area contributed by atoms with Crippen molar-refractivity contribution in [2.24, 2.45) is 0 Å². The lowest BCUT2D eigenvalue weighted by Crippen LogP contribution is -2.24. The van der Waals surface area contributed by atoms with Crippen LogP contribution in [0.3, 0.4) is 0 Å². The Hall–Kier alpha value is -1.43. The average molecular weight is 264 g/mol. The maximum atomic E-state index is 11.7. The van der Waals surface area contributed by atoms with Gasteiger partial charge in [-0.25, -0.2) is 0 Å². The lowest BCUT2D eigenvalue weighted by atomic mass is 10.0. The summed E-state index contributed by atoms with van der Waals surface area (Å²) in [5.74, 6) is -0.139. The van der Waals surface area contributed by atoms with Crippen molar-refractivity contribution >= 4 is 11.6 Å². The van der Waals surface area contributed by atoms with Crippen LogP contribution in [-0.4, -0.2) is 39.4 Å². The summed E-state index contributed by atoms with van der Waals surface area (Å²) in [5, 5.41) is 6.15. The van der Waals surface area contributed by atoms with Crippen LogP contribution in [0.15, 0.2) is 18.2 Å². The molecule has 2 rings (SSSR count).